The lowest BCUT2D eigenvalue weighted by Crippen LogP contribution is -2.23. The first-order valence-corrected chi connectivity index (χ1v) is 10.1. The summed E-state index contributed by atoms with van der Waals surface area (Å²) in [6.45, 7) is -0.317. The Morgan fingerprint density at radius 2 is 1.94 bits per heavy atom. The van der Waals surface area contributed by atoms with Crippen molar-refractivity contribution in [1.82, 2.24) is 5.32 Å². The van der Waals surface area contributed by atoms with Crippen molar-refractivity contribution in [3.05, 3.63) is 87.9 Å². The van der Waals surface area contributed by atoms with E-state index in [2.05, 4.69) is 5.32 Å². The number of hydrogen-bond acceptors (Lipinski definition) is 9. The maximum atomic E-state index is 12.3. The van der Waals surface area contributed by atoms with Crippen LogP contribution in [0.25, 0.3) is 6.08 Å². The molecule has 3 aromatic rings. The summed E-state index contributed by atoms with van der Waals surface area (Å²) in [5.74, 6) is -0.226. The number of ether oxygens (including phenoxy) is 3. The summed E-state index contributed by atoms with van der Waals surface area (Å²) in [5.41, 5.74) is 0.224. The van der Waals surface area contributed by atoms with Crippen LogP contribution in [0, 0.1) is 21.4 Å². The zero-order chi connectivity index (χ0) is 25.2. The van der Waals surface area contributed by atoms with Crippen molar-refractivity contribution in [2.24, 2.45) is 0 Å². The van der Waals surface area contributed by atoms with Crippen molar-refractivity contribution >= 4 is 23.6 Å². The Labute approximate surface area is 199 Å². The monoisotopic (exact) mass is 477 g/mol. The van der Waals surface area contributed by atoms with E-state index in [0.717, 1.165) is 0 Å². The van der Waals surface area contributed by atoms with E-state index >= 15 is 0 Å². The minimum Gasteiger partial charge on any atom is -0.493 e. The molecule has 0 atom stereocenters. The van der Waals surface area contributed by atoms with Gasteiger partial charge in [0.25, 0.3) is 11.6 Å². The standard InChI is InChI=1S/C24H19N3O8/c1-32-22-12-16(11-17(13-25)24(29)26-14-20-3-2-10-33-20)4-9-21(22)35-23(28)15-34-19-7-5-18(6-8-19)27(30)31/h2-12H,14-15H2,1H3,(H,26,29)/b17-11+. The summed E-state index contributed by atoms with van der Waals surface area (Å²) in [5, 5.41) is 22.6. The van der Waals surface area contributed by atoms with Crippen molar-refractivity contribution in [2.75, 3.05) is 13.7 Å². The average Bonchev–Trinajstić information content (AvgIpc) is 3.39. The summed E-state index contributed by atoms with van der Waals surface area (Å²) in [7, 11) is 1.37. The fourth-order valence-electron chi connectivity index (χ4n) is 2.81. The number of nitro benzene ring substituents is 1. The number of nitrogens with zero attached hydrogens (tertiary/aromatic N) is 2. The fraction of sp³-hybridized carbons (Fsp3) is 0.125. The molecule has 0 unspecified atom stereocenters. The highest BCUT2D eigenvalue weighted by atomic mass is 16.6. The van der Waals surface area contributed by atoms with Gasteiger partial charge in [0.1, 0.15) is 23.2 Å². The lowest BCUT2D eigenvalue weighted by atomic mass is 10.1. The molecule has 0 radical (unpaired) electrons. The lowest BCUT2D eigenvalue weighted by Gasteiger charge is -2.11. The smallest absolute Gasteiger partial charge is 0.349 e. The molecule has 3 rings (SSSR count). The van der Waals surface area contributed by atoms with Crippen LogP contribution >= 0.6 is 0 Å². The number of methoxy groups -OCH3 is 1. The third-order valence-electron chi connectivity index (χ3n) is 4.50. The number of furan rings is 1. The second-order valence-corrected chi connectivity index (χ2v) is 6.86. The summed E-state index contributed by atoms with van der Waals surface area (Å²) in [4.78, 5) is 34.6. The summed E-state index contributed by atoms with van der Waals surface area (Å²) >= 11 is 0. The van der Waals surface area contributed by atoms with Crippen LogP contribution in [0.2, 0.25) is 0 Å². The molecule has 2 aromatic carbocycles. The largest absolute Gasteiger partial charge is 0.493 e. The van der Waals surface area contributed by atoms with Crippen molar-refractivity contribution in [1.29, 1.82) is 5.26 Å². The first-order chi connectivity index (χ1) is 16.9. The predicted octanol–water partition coefficient (Wildman–Crippen LogP) is 3.40. The predicted molar refractivity (Wildman–Crippen MR) is 121 cm³/mol. The molecule has 35 heavy (non-hydrogen) atoms. The van der Waals surface area contributed by atoms with E-state index < -0.39 is 23.4 Å². The van der Waals surface area contributed by atoms with E-state index in [0.29, 0.717) is 11.3 Å². The molecule has 1 aromatic heterocycles. The molecule has 0 fully saturated rings. The Morgan fingerprint density at radius 3 is 2.57 bits per heavy atom. The first kappa shape index (κ1) is 24.5. The topological polar surface area (TPSA) is 154 Å². The molecular weight excluding hydrogens is 458 g/mol. The molecule has 1 amide bonds. The number of amides is 1. The summed E-state index contributed by atoms with van der Waals surface area (Å²) in [6.07, 6.45) is 2.84. The second-order valence-electron chi connectivity index (χ2n) is 6.86. The van der Waals surface area contributed by atoms with E-state index in [1.807, 2.05) is 6.07 Å². The van der Waals surface area contributed by atoms with Crippen LogP contribution in [0.4, 0.5) is 5.69 Å². The van der Waals surface area contributed by atoms with Gasteiger partial charge in [-0.2, -0.15) is 5.26 Å². The average molecular weight is 477 g/mol. The van der Waals surface area contributed by atoms with Gasteiger partial charge >= 0.3 is 5.97 Å². The summed E-state index contributed by atoms with van der Waals surface area (Å²) in [6, 6.07) is 14.9. The zero-order valence-corrected chi connectivity index (χ0v) is 18.4. The van der Waals surface area contributed by atoms with Crippen LogP contribution in [-0.2, 0) is 16.1 Å². The molecule has 0 saturated carbocycles. The maximum absolute atomic E-state index is 12.3. The van der Waals surface area contributed by atoms with Crippen molar-refractivity contribution in [2.45, 2.75) is 6.54 Å². The molecule has 178 valence electrons. The van der Waals surface area contributed by atoms with Gasteiger partial charge in [0, 0.05) is 12.1 Å². The molecule has 0 spiro atoms. The van der Waals surface area contributed by atoms with Gasteiger partial charge in [-0.25, -0.2) is 4.79 Å². The van der Waals surface area contributed by atoms with Gasteiger partial charge in [-0.15, -0.1) is 0 Å². The van der Waals surface area contributed by atoms with Gasteiger partial charge in [-0.05, 0) is 48.0 Å². The van der Waals surface area contributed by atoms with Gasteiger partial charge in [0.15, 0.2) is 18.1 Å². The molecule has 0 aliphatic heterocycles. The maximum Gasteiger partial charge on any atom is 0.349 e. The molecule has 11 heteroatoms. The Bertz CT molecular complexity index is 1280. The number of nitriles is 1. The number of nitrogens with one attached hydrogen (secondary N) is 1. The number of nitro groups is 1. The minimum absolute atomic E-state index is 0.0997. The van der Waals surface area contributed by atoms with E-state index in [1.54, 1.807) is 18.2 Å². The van der Waals surface area contributed by atoms with E-state index in [-0.39, 0.29) is 35.1 Å². The van der Waals surface area contributed by atoms with Gasteiger partial charge < -0.3 is 23.9 Å². The number of hydrogen-bond donors (Lipinski definition) is 1. The molecule has 1 N–H and O–H groups in total. The Kier molecular flexibility index (Phi) is 8.18. The minimum atomic E-state index is -0.736. The normalized spacial score (nSPS) is 10.7. The van der Waals surface area contributed by atoms with Gasteiger partial charge in [0.05, 0.1) is 24.8 Å². The zero-order valence-electron chi connectivity index (χ0n) is 18.4. The van der Waals surface area contributed by atoms with E-state index in [9.17, 15) is 25.0 Å². The highest BCUT2D eigenvalue weighted by Gasteiger charge is 2.14. The van der Waals surface area contributed by atoms with E-state index in [4.69, 9.17) is 18.6 Å². The Morgan fingerprint density at radius 1 is 1.17 bits per heavy atom. The highest BCUT2D eigenvalue weighted by Crippen LogP contribution is 2.29. The van der Waals surface area contributed by atoms with Crippen molar-refractivity contribution < 1.29 is 33.1 Å². The van der Waals surface area contributed by atoms with Crippen LogP contribution in [0.3, 0.4) is 0 Å². The number of benzene rings is 2. The molecule has 0 aliphatic rings. The van der Waals surface area contributed by atoms with E-state index in [1.165, 1.54) is 55.8 Å². The quantitative estimate of drug-likeness (QED) is 0.115. The van der Waals surface area contributed by atoms with Crippen LogP contribution < -0.4 is 19.5 Å². The second kappa shape index (κ2) is 11.7. The number of esters is 1. The molecule has 1 heterocycles. The number of non-ortho nitro benzene ring substituents is 1. The molecule has 0 bridgehead atoms. The van der Waals surface area contributed by atoms with Gasteiger partial charge in [-0.1, -0.05) is 6.07 Å². The van der Waals surface area contributed by atoms with Crippen LogP contribution in [0.15, 0.2) is 70.9 Å². The fourth-order valence-corrected chi connectivity index (χ4v) is 2.81. The van der Waals surface area contributed by atoms with Crippen molar-refractivity contribution in [3.63, 3.8) is 0 Å². The van der Waals surface area contributed by atoms with Crippen LogP contribution in [0.1, 0.15) is 11.3 Å². The molecule has 11 nitrogen and oxygen atoms in total. The molecular formula is C24H19N3O8. The number of rotatable bonds is 10. The lowest BCUT2D eigenvalue weighted by molar-refractivity contribution is -0.384. The van der Waals surface area contributed by atoms with Crippen LogP contribution in [-0.4, -0.2) is 30.5 Å². The van der Waals surface area contributed by atoms with Gasteiger partial charge in [-0.3, -0.25) is 14.9 Å². The molecule has 0 aliphatic carbocycles. The third-order valence-corrected chi connectivity index (χ3v) is 4.50. The van der Waals surface area contributed by atoms with Gasteiger partial charge in [0.2, 0.25) is 0 Å². The van der Waals surface area contributed by atoms with Crippen molar-refractivity contribution in [3.8, 4) is 23.3 Å². The number of carbonyl (C=O) groups is 2. The SMILES string of the molecule is COc1cc(/C=C(\C#N)C(=O)NCc2ccco2)ccc1OC(=O)COc1ccc([N+](=O)[O-])cc1. The molecule has 0 saturated heterocycles. The number of carbonyl (C=O) groups excluding carboxylic acids is 2. The Hall–Kier alpha value is -5.11. The highest BCUT2D eigenvalue weighted by molar-refractivity contribution is 6.01. The Balaban J connectivity index is 1.62. The summed E-state index contributed by atoms with van der Waals surface area (Å²) < 4.78 is 20.9. The van der Waals surface area contributed by atoms with Crippen LogP contribution in [0.5, 0.6) is 17.2 Å². The first-order valence-electron chi connectivity index (χ1n) is 10.1. The third kappa shape index (κ3) is 6.93.